The fourth-order valence-electron chi connectivity index (χ4n) is 1.31. The molecular formula is C7H14O7. The third kappa shape index (κ3) is 2.04. The summed E-state index contributed by atoms with van der Waals surface area (Å²) >= 11 is 0. The fraction of sp³-hybridized carbons (Fsp3) is 1.00. The maximum Gasteiger partial charge on any atom is 0.184 e. The Morgan fingerprint density at radius 1 is 1.00 bits per heavy atom. The van der Waals surface area contributed by atoms with Crippen molar-refractivity contribution < 1.29 is 35.4 Å². The van der Waals surface area contributed by atoms with E-state index in [0.29, 0.717) is 0 Å². The molecule has 6 N–H and O–H groups in total. The summed E-state index contributed by atoms with van der Waals surface area (Å²) in [6.07, 6.45) is -9.26. The lowest BCUT2D eigenvalue weighted by Gasteiger charge is -2.39. The number of ether oxygens (including phenoxy) is 1. The van der Waals surface area contributed by atoms with Gasteiger partial charge in [-0.3, -0.25) is 0 Å². The van der Waals surface area contributed by atoms with Crippen LogP contribution >= 0.6 is 0 Å². The van der Waals surface area contributed by atoms with Gasteiger partial charge in [-0.1, -0.05) is 0 Å². The molecule has 1 fully saturated rings. The van der Waals surface area contributed by atoms with Gasteiger partial charge < -0.3 is 35.4 Å². The normalized spacial score (nSPS) is 46.3. The summed E-state index contributed by atoms with van der Waals surface area (Å²) in [6.45, 7) is -0.683. The first kappa shape index (κ1) is 11.8. The molecule has 1 aliphatic rings. The second-order valence-electron chi connectivity index (χ2n) is 3.21. The molecule has 1 rings (SSSR count). The number of aliphatic hydroxyl groups excluding tert-OH is 6. The van der Waals surface area contributed by atoms with Crippen molar-refractivity contribution in [3.8, 4) is 0 Å². The average Bonchev–Trinajstić information content (AvgIpc) is 2.19. The predicted molar refractivity (Wildman–Crippen MR) is 42.0 cm³/mol. The topological polar surface area (TPSA) is 131 Å². The number of rotatable bonds is 2. The van der Waals surface area contributed by atoms with Gasteiger partial charge in [0.1, 0.15) is 30.5 Å². The number of aliphatic hydroxyl groups is 6. The van der Waals surface area contributed by atoms with E-state index in [1.54, 1.807) is 0 Å². The Kier molecular flexibility index (Phi) is 3.78. The number of hydrogen-bond acceptors (Lipinski definition) is 7. The lowest BCUT2D eigenvalue weighted by molar-refractivity contribution is -0.298. The van der Waals surface area contributed by atoms with Crippen LogP contribution in [0.15, 0.2) is 0 Å². The standard InChI is InChI=1S/C7H14O7/c8-1-2(9)6-4(11)3(10)5(12)7(13)14-6/h2-13H,1H2/t2-,3+,4+,5-,6-,7-/m1/s1. The molecule has 0 spiro atoms. The Labute approximate surface area is 79.8 Å². The lowest BCUT2D eigenvalue weighted by Crippen LogP contribution is -2.61. The molecule has 1 aliphatic heterocycles. The van der Waals surface area contributed by atoms with Crippen LogP contribution in [0, 0.1) is 0 Å². The molecule has 7 nitrogen and oxygen atoms in total. The van der Waals surface area contributed by atoms with Crippen LogP contribution in [0.2, 0.25) is 0 Å². The Morgan fingerprint density at radius 3 is 2.07 bits per heavy atom. The predicted octanol–water partition coefficient (Wildman–Crippen LogP) is -3.86. The van der Waals surface area contributed by atoms with Gasteiger partial charge in [-0.05, 0) is 0 Å². The minimum atomic E-state index is -1.69. The van der Waals surface area contributed by atoms with Gasteiger partial charge in [-0.15, -0.1) is 0 Å². The van der Waals surface area contributed by atoms with Crippen molar-refractivity contribution in [1.29, 1.82) is 0 Å². The molecule has 6 atom stereocenters. The second-order valence-corrected chi connectivity index (χ2v) is 3.21. The molecule has 0 saturated carbocycles. The molecule has 1 heterocycles. The van der Waals surface area contributed by atoms with Gasteiger partial charge >= 0.3 is 0 Å². The van der Waals surface area contributed by atoms with Gasteiger partial charge in [0.15, 0.2) is 6.29 Å². The van der Waals surface area contributed by atoms with Crippen LogP contribution in [0.5, 0.6) is 0 Å². The first-order valence-corrected chi connectivity index (χ1v) is 4.15. The van der Waals surface area contributed by atoms with Crippen LogP contribution in [0.25, 0.3) is 0 Å². The van der Waals surface area contributed by atoms with Crippen LogP contribution in [0.4, 0.5) is 0 Å². The van der Waals surface area contributed by atoms with Crippen molar-refractivity contribution in [2.45, 2.75) is 36.8 Å². The monoisotopic (exact) mass is 210 g/mol. The first-order chi connectivity index (χ1) is 6.49. The average molecular weight is 210 g/mol. The van der Waals surface area contributed by atoms with Crippen LogP contribution in [-0.2, 0) is 4.74 Å². The van der Waals surface area contributed by atoms with Crippen molar-refractivity contribution >= 4 is 0 Å². The molecule has 0 aromatic carbocycles. The van der Waals surface area contributed by atoms with E-state index in [1.165, 1.54) is 0 Å². The smallest absolute Gasteiger partial charge is 0.184 e. The summed E-state index contributed by atoms with van der Waals surface area (Å²) in [6, 6.07) is 0. The van der Waals surface area contributed by atoms with E-state index in [9.17, 15) is 10.2 Å². The van der Waals surface area contributed by atoms with Gasteiger partial charge in [0.05, 0.1) is 6.61 Å². The summed E-state index contributed by atoms with van der Waals surface area (Å²) < 4.78 is 4.62. The molecule has 0 amide bonds. The molecule has 14 heavy (non-hydrogen) atoms. The fourth-order valence-corrected chi connectivity index (χ4v) is 1.31. The van der Waals surface area contributed by atoms with Gasteiger partial charge in [-0.25, -0.2) is 0 Å². The summed E-state index contributed by atoms with van der Waals surface area (Å²) in [5, 5.41) is 54.3. The molecule has 0 unspecified atom stereocenters. The van der Waals surface area contributed by atoms with Crippen molar-refractivity contribution in [3.05, 3.63) is 0 Å². The molecule has 0 radical (unpaired) electrons. The first-order valence-electron chi connectivity index (χ1n) is 4.15. The summed E-state index contributed by atoms with van der Waals surface area (Å²) in [7, 11) is 0. The Balaban J connectivity index is 2.70. The minimum absolute atomic E-state index is 0.683. The molecule has 0 aromatic heterocycles. The second kappa shape index (κ2) is 4.49. The lowest BCUT2D eigenvalue weighted by atomic mass is 9.96. The molecule has 84 valence electrons. The van der Waals surface area contributed by atoms with E-state index in [-0.39, 0.29) is 0 Å². The zero-order chi connectivity index (χ0) is 10.9. The van der Waals surface area contributed by atoms with Crippen LogP contribution in [0.1, 0.15) is 0 Å². The third-order valence-corrected chi connectivity index (χ3v) is 2.19. The van der Waals surface area contributed by atoms with E-state index in [4.69, 9.17) is 20.4 Å². The SMILES string of the molecule is OC[C@@H](O)[C@H]1O[C@@H](O)[C@H](O)[C@@H](O)[C@@H]1O. The third-order valence-electron chi connectivity index (χ3n) is 2.19. The Morgan fingerprint density at radius 2 is 1.57 bits per heavy atom. The zero-order valence-corrected chi connectivity index (χ0v) is 7.26. The van der Waals surface area contributed by atoms with Gasteiger partial charge in [-0.2, -0.15) is 0 Å². The van der Waals surface area contributed by atoms with Crippen LogP contribution in [-0.4, -0.2) is 74.1 Å². The van der Waals surface area contributed by atoms with Crippen molar-refractivity contribution in [3.63, 3.8) is 0 Å². The highest BCUT2D eigenvalue weighted by molar-refractivity contribution is 4.91. The Hall–Kier alpha value is -0.280. The van der Waals surface area contributed by atoms with E-state index >= 15 is 0 Å². The highest BCUT2D eigenvalue weighted by atomic mass is 16.6. The summed E-state index contributed by atoms with van der Waals surface area (Å²) in [5.41, 5.74) is 0. The maximum absolute atomic E-state index is 9.31. The summed E-state index contributed by atoms with van der Waals surface area (Å²) in [5.74, 6) is 0. The zero-order valence-electron chi connectivity index (χ0n) is 7.26. The van der Waals surface area contributed by atoms with Gasteiger partial charge in [0, 0.05) is 0 Å². The van der Waals surface area contributed by atoms with Crippen LogP contribution in [0.3, 0.4) is 0 Å². The minimum Gasteiger partial charge on any atom is -0.394 e. The Bertz CT molecular complexity index is 187. The largest absolute Gasteiger partial charge is 0.394 e. The van der Waals surface area contributed by atoms with E-state index in [1.807, 2.05) is 0 Å². The molecule has 7 heteroatoms. The van der Waals surface area contributed by atoms with Crippen molar-refractivity contribution in [2.75, 3.05) is 6.61 Å². The maximum atomic E-state index is 9.31. The number of hydrogen-bond donors (Lipinski definition) is 6. The highest BCUT2D eigenvalue weighted by Gasteiger charge is 2.45. The van der Waals surface area contributed by atoms with Crippen molar-refractivity contribution in [2.24, 2.45) is 0 Å². The van der Waals surface area contributed by atoms with E-state index < -0.39 is 43.4 Å². The summed E-state index contributed by atoms with van der Waals surface area (Å²) in [4.78, 5) is 0. The van der Waals surface area contributed by atoms with Gasteiger partial charge in [0.2, 0.25) is 0 Å². The van der Waals surface area contributed by atoms with E-state index in [2.05, 4.69) is 4.74 Å². The van der Waals surface area contributed by atoms with E-state index in [0.717, 1.165) is 0 Å². The van der Waals surface area contributed by atoms with Crippen molar-refractivity contribution in [1.82, 2.24) is 0 Å². The molecule has 0 aromatic rings. The highest BCUT2D eigenvalue weighted by Crippen LogP contribution is 2.21. The molecule has 0 aliphatic carbocycles. The van der Waals surface area contributed by atoms with Crippen LogP contribution < -0.4 is 0 Å². The quantitative estimate of drug-likeness (QED) is 0.275. The molecular weight excluding hydrogens is 196 g/mol. The molecule has 0 bridgehead atoms. The van der Waals surface area contributed by atoms with Gasteiger partial charge in [0.25, 0.3) is 0 Å². The molecule has 1 saturated heterocycles.